The predicted molar refractivity (Wildman–Crippen MR) is 97.1 cm³/mol. The molecule has 5 nitrogen and oxygen atoms in total. The van der Waals surface area contributed by atoms with E-state index in [-0.39, 0.29) is 23.5 Å². The number of aromatic nitrogens is 1. The van der Waals surface area contributed by atoms with Crippen LogP contribution in [0.25, 0.3) is 0 Å². The molecule has 1 aromatic heterocycles. The summed E-state index contributed by atoms with van der Waals surface area (Å²) >= 11 is 1.47. The van der Waals surface area contributed by atoms with E-state index in [4.69, 9.17) is 0 Å². The van der Waals surface area contributed by atoms with Crippen LogP contribution >= 0.6 is 11.8 Å². The predicted octanol–water partition coefficient (Wildman–Crippen LogP) is 3.08. The summed E-state index contributed by atoms with van der Waals surface area (Å²) in [7, 11) is 0. The number of anilines is 1. The summed E-state index contributed by atoms with van der Waals surface area (Å²) in [5.74, 6) is -0.0641. The number of pyridine rings is 1. The standard InChI is InChI=1S/C19H19N3O2S/c23-18(22(14-8-9-14)12-13-5-3-4-10-20-13)11-17-19(24)21-15-6-1-2-7-16(15)25-17/h1-7,10,14,17H,8-9,11-12H2,(H,21,24). The summed E-state index contributed by atoms with van der Waals surface area (Å²) in [6, 6.07) is 13.7. The van der Waals surface area contributed by atoms with E-state index in [1.54, 1.807) is 6.20 Å². The Balaban J connectivity index is 1.46. The molecule has 0 saturated heterocycles. The fourth-order valence-electron chi connectivity index (χ4n) is 2.98. The van der Waals surface area contributed by atoms with E-state index < -0.39 is 0 Å². The lowest BCUT2D eigenvalue weighted by molar-refractivity contribution is -0.133. The molecule has 4 rings (SSSR count). The average molecular weight is 353 g/mol. The van der Waals surface area contributed by atoms with Crippen LogP contribution in [0.2, 0.25) is 0 Å². The van der Waals surface area contributed by atoms with Crippen LogP contribution in [0.1, 0.15) is 25.0 Å². The second kappa shape index (κ2) is 6.88. The van der Waals surface area contributed by atoms with E-state index in [0.29, 0.717) is 12.6 Å². The van der Waals surface area contributed by atoms with E-state index in [9.17, 15) is 9.59 Å². The van der Waals surface area contributed by atoms with Crippen LogP contribution < -0.4 is 5.32 Å². The second-order valence-corrected chi connectivity index (χ2v) is 7.61. The molecule has 6 heteroatoms. The number of nitrogens with zero attached hydrogens (tertiary/aromatic N) is 2. The molecule has 25 heavy (non-hydrogen) atoms. The van der Waals surface area contributed by atoms with Gasteiger partial charge in [-0.25, -0.2) is 0 Å². The number of hydrogen-bond donors (Lipinski definition) is 1. The molecule has 2 aromatic rings. The quantitative estimate of drug-likeness (QED) is 0.897. The highest BCUT2D eigenvalue weighted by molar-refractivity contribution is 8.01. The minimum Gasteiger partial charge on any atom is -0.334 e. The number of thioether (sulfide) groups is 1. The third-order valence-corrected chi connectivity index (χ3v) is 5.71. The van der Waals surface area contributed by atoms with Gasteiger partial charge >= 0.3 is 0 Å². The third kappa shape index (κ3) is 3.69. The summed E-state index contributed by atoms with van der Waals surface area (Å²) in [6.07, 6.45) is 4.03. The molecule has 0 spiro atoms. The fraction of sp³-hybridized carbons (Fsp3) is 0.316. The summed E-state index contributed by atoms with van der Waals surface area (Å²) < 4.78 is 0. The Labute approximate surface area is 150 Å². The molecule has 2 heterocycles. The summed E-state index contributed by atoms with van der Waals surface area (Å²) in [6.45, 7) is 0.514. The van der Waals surface area contributed by atoms with E-state index in [0.717, 1.165) is 29.1 Å². The molecule has 1 saturated carbocycles. The number of fused-ring (bicyclic) bond motifs is 1. The van der Waals surface area contributed by atoms with Crippen LogP contribution in [-0.2, 0) is 16.1 Å². The van der Waals surface area contributed by atoms with Crippen LogP contribution in [0.3, 0.4) is 0 Å². The van der Waals surface area contributed by atoms with Crippen LogP contribution in [0, 0.1) is 0 Å². The van der Waals surface area contributed by atoms with Gasteiger partial charge in [-0.05, 0) is 37.1 Å². The first kappa shape index (κ1) is 16.1. The number of nitrogens with one attached hydrogen (secondary N) is 1. The van der Waals surface area contributed by atoms with Gasteiger partial charge in [-0.2, -0.15) is 0 Å². The zero-order chi connectivity index (χ0) is 17.2. The van der Waals surface area contributed by atoms with Crippen LogP contribution in [-0.4, -0.2) is 33.0 Å². The lowest BCUT2D eigenvalue weighted by atomic mass is 10.2. The summed E-state index contributed by atoms with van der Waals surface area (Å²) in [5, 5.41) is 2.52. The molecule has 0 radical (unpaired) electrons. The first-order chi connectivity index (χ1) is 12.2. The Bertz CT molecular complexity index is 792. The molecular weight excluding hydrogens is 334 g/mol. The second-order valence-electron chi connectivity index (χ2n) is 6.37. The molecule has 1 aromatic carbocycles. The normalized spacial score (nSPS) is 19.0. The van der Waals surface area contributed by atoms with Gasteiger partial charge in [-0.3, -0.25) is 14.6 Å². The number of para-hydroxylation sites is 1. The van der Waals surface area contributed by atoms with E-state index in [2.05, 4.69) is 10.3 Å². The minimum atomic E-state index is -0.382. The molecule has 1 aliphatic heterocycles. The topological polar surface area (TPSA) is 62.3 Å². The summed E-state index contributed by atoms with van der Waals surface area (Å²) in [5.41, 5.74) is 1.71. The van der Waals surface area contributed by atoms with Crippen molar-refractivity contribution in [3.05, 3.63) is 54.4 Å². The highest BCUT2D eigenvalue weighted by atomic mass is 32.2. The fourth-order valence-corrected chi connectivity index (χ4v) is 4.08. The zero-order valence-electron chi connectivity index (χ0n) is 13.7. The molecule has 1 N–H and O–H groups in total. The van der Waals surface area contributed by atoms with Gasteiger partial charge in [0.15, 0.2) is 0 Å². The average Bonchev–Trinajstić information content (AvgIpc) is 3.46. The number of carbonyl (C=O) groups is 2. The molecule has 1 unspecified atom stereocenters. The van der Waals surface area contributed by atoms with Gasteiger partial charge < -0.3 is 10.2 Å². The maximum Gasteiger partial charge on any atom is 0.238 e. The van der Waals surface area contributed by atoms with Gasteiger partial charge in [0.05, 0.1) is 23.2 Å². The van der Waals surface area contributed by atoms with Crippen molar-refractivity contribution < 1.29 is 9.59 Å². The van der Waals surface area contributed by atoms with Gasteiger partial charge in [0.25, 0.3) is 0 Å². The lowest BCUT2D eigenvalue weighted by Gasteiger charge is -2.27. The molecule has 1 fully saturated rings. The van der Waals surface area contributed by atoms with Crippen molar-refractivity contribution in [1.29, 1.82) is 0 Å². The highest BCUT2D eigenvalue weighted by Gasteiger charge is 2.36. The maximum absolute atomic E-state index is 12.9. The van der Waals surface area contributed by atoms with E-state index >= 15 is 0 Å². The van der Waals surface area contributed by atoms with Crippen molar-refractivity contribution in [1.82, 2.24) is 9.88 Å². The molecule has 0 bridgehead atoms. The minimum absolute atomic E-state index is 0.0279. The Morgan fingerprint density at radius 2 is 2.00 bits per heavy atom. The van der Waals surface area contributed by atoms with E-state index in [1.165, 1.54) is 11.8 Å². The van der Waals surface area contributed by atoms with Crippen LogP contribution in [0.15, 0.2) is 53.6 Å². The van der Waals surface area contributed by atoms with Gasteiger partial charge in [0, 0.05) is 23.6 Å². The van der Waals surface area contributed by atoms with Crippen molar-refractivity contribution in [3.63, 3.8) is 0 Å². The van der Waals surface area contributed by atoms with Gasteiger partial charge in [0.2, 0.25) is 11.8 Å². The Morgan fingerprint density at radius 1 is 1.20 bits per heavy atom. The molecule has 2 aliphatic rings. The Morgan fingerprint density at radius 3 is 2.76 bits per heavy atom. The third-order valence-electron chi connectivity index (χ3n) is 4.43. The SMILES string of the molecule is O=C1Nc2ccccc2SC1CC(=O)N(Cc1ccccn1)C1CC1. The van der Waals surface area contributed by atoms with Crippen LogP contribution in [0.4, 0.5) is 5.69 Å². The molecule has 1 atom stereocenters. The number of benzene rings is 1. The zero-order valence-corrected chi connectivity index (χ0v) is 14.5. The van der Waals surface area contributed by atoms with Crippen molar-refractivity contribution >= 4 is 29.3 Å². The maximum atomic E-state index is 12.9. The number of hydrogen-bond acceptors (Lipinski definition) is 4. The molecule has 2 amide bonds. The molecule has 128 valence electrons. The van der Waals surface area contributed by atoms with Crippen LogP contribution in [0.5, 0.6) is 0 Å². The lowest BCUT2D eigenvalue weighted by Crippen LogP contribution is -2.38. The van der Waals surface area contributed by atoms with E-state index in [1.807, 2.05) is 47.4 Å². The Hall–Kier alpha value is -2.34. The van der Waals surface area contributed by atoms with Crippen molar-refractivity contribution in [3.8, 4) is 0 Å². The number of carbonyl (C=O) groups excluding carboxylic acids is 2. The first-order valence-electron chi connectivity index (χ1n) is 8.46. The van der Waals surface area contributed by atoms with Crippen molar-refractivity contribution in [2.75, 3.05) is 5.32 Å². The first-order valence-corrected chi connectivity index (χ1v) is 9.34. The van der Waals surface area contributed by atoms with Gasteiger partial charge in [-0.1, -0.05) is 18.2 Å². The summed E-state index contributed by atoms with van der Waals surface area (Å²) in [4.78, 5) is 32.4. The van der Waals surface area contributed by atoms with Crippen molar-refractivity contribution in [2.45, 2.75) is 42.0 Å². The van der Waals surface area contributed by atoms with Gasteiger partial charge in [0.1, 0.15) is 0 Å². The monoisotopic (exact) mass is 353 g/mol. The number of rotatable bonds is 5. The smallest absolute Gasteiger partial charge is 0.238 e. The molecule has 1 aliphatic carbocycles. The van der Waals surface area contributed by atoms with Gasteiger partial charge in [-0.15, -0.1) is 11.8 Å². The Kier molecular flexibility index (Phi) is 4.44. The largest absolute Gasteiger partial charge is 0.334 e. The number of amides is 2. The highest BCUT2D eigenvalue weighted by Crippen LogP contribution is 2.37. The molecular formula is C19H19N3O2S. The van der Waals surface area contributed by atoms with Crippen molar-refractivity contribution in [2.24, 2.45) is 0 Å².